The van der Waals surface area contributed by atoms with E-state index in [2.05, 4.69) is 5.32 Å². The zero-order valence-electron chi connectivity index (χ0n) is 12.1. The summed E-state index contributed by atoms with van der Waals surface area (Å²) in [5, 5.41) is 13.9. The molecule has 0 bridgehead atoms. The first-order valence-electron chi connectivity index (χ1n) is 7.05. The standard InChI is InChI=1S/C15H17NO5S/c1-9-6-14(18)21-15-11(9)2-3-13(17)12(15)7-16-10-4-5-22(19,20)8-10/h2-3,6,10,16-17H,4-5,7-8H2,1H3/t10-/m1/s1. The van der Waals surface area contributed by atoms with E-state index in [0.717, 1.165) is 10.9 Å². The maximum absolute atomic E-state index is 11.6. The van der Waals surface area contributed by atoms with Crippen LogP contribution in [0.1, 0.15) is 17.5 Å². The van der Waals surface area contributed by atoms with Crippen LogP contribution in [-0.2, 0) is 16.4 Å². The van der Waals surface area contributed by atoms with Gasteiger partial charge in [-0.05, 0) is 31.0 Å². The Morgan fingerprint density at radius 2 is 2.18 bits per heavy atom. The molecule has 1 saturated heterocycles. The second-order valence-electron chi connectivity index (χ2n) is 5.67. The molecule has 0 unspecified atom stereocenters. The van der Waals surface area contributed by atoms with Gasteiger partial charge < -0.3 is 14.8 Å². The molecule has 2 aromatic rings. The van der Waals surface area contributed by atoms with Crippen molar-refractivity contribution in [2.45, 2.75) is 25.9 Å². The first kappa shape index (κ1) is 15.1. The van der Waals surface area contributed by atoms with Gasteiger partial charge in [0.25, 0.3) is 0 Å². The summed E-state index contributed by atoms with van der Waals surface area (Å²) in [7, 11) is -2.96. The predicted molar refractivity (Wildman–Crippen MR) is 82.8 cm³/mol. The third kappa shape index (κ3) is 2.86. The van der Waals surface area contributed by atoms with Gasteiger partial charge in [0.05, 0.1) is 17.1 Å². The molecule has 0 saturated carbocycles. The molecule has 2 heterocycles. The molecule has 1 aromatic carbocycles. The maximum atomic E-state index is 11.6. The summed E-state index contributed by atoms with van der Waals surface area (Å²) in [5.74, 6) is 0.302. The van der Waals surface area contributed by atoms with Crippen molar-refractivity contribution in [2.24, 2.45) is 0 Å². The second kappa shape index (κ2) is 5.40. The molecule has 22 heavy (non-hydrogen) atoms. The van der Waals surface area contributed by atoms with E-state index in [-0.39, 0.29) is 29.8 Å². The van der Waals surface area contributed by atoms with Crippen LogP contribution in [0, 0.1) is 6.92 Å². The Labute approximate surface area is 127 Å². The van der Waals surface area contributed by atoms with Crippen molar-refractivity contribution in [3.8, 4) is 5.75 Å². The quantitative estimate of drug-likeness (QED) is 0.821. The Bertz CT molecular complexity index is 885. The van der Waals surface area contributed by atoms with Crippen LogP contribution in [0.3, 0.4) is 0 Å². The van der Waals surface area contributed by atoms with Crippen molar-refractivity contribution in [2.75, 3.05) is 11.5 Å². The molecule has 3 rings (SSSR count). The fraction of sp³-hybridized carbons (Fsp3) is 0.400. The zero-order chi connectivity index (χ0) is 15.9. The van der Waals surface area contributed by atoms with Crippen LogP contribution in [0.2, 0.25) is 0 Å². The van der Waals surface area contributed by atoms with Gasteiger partial charge in [-0.2, -0.15) is 0 Å². The van der Waals surface area contributed by atoms with Crippen molar-refractivity contribution in [1.29, 1.82) is 0 Å². The molecule has 0 aliphatic carbocycles. The predicted octanol–water partition coefficient (Wildman–Crippen LogP) is 1.08. The van der Waals surface area contributed by atoms with E-state index >= 15 is 0 Å². The number of sulfone groups is 1. The highest BCUT2D eigenvalue weighted by molar-refractivity contribution is 7.91. The third-order valence-electron chi connectivity index (χ3n) is 4.00. The summed E-state index contributed by atoms with van der Waals surface area (Å²) >= 11 is 0. The normalized spacial score (nSPS) is 20.5. The summed E-state index contributed by atoms with van der Waals surface area (Å²) < 4.78 is 28.2. The first-order chi connectivity index (χ1) is 10.4. The van der Waals surface area contributed by atoms with E-state index in [9.17, 15) is 18.3 Å². The Balaban J connectivity index is 1.93. The van der Waals surface area contributed by atoms with E-state index in [4.69, 9.17) is 4.42 Å². The molecule has 0 amide bonds. The fourth-order valence-corrected chi connectivity index (χ4v) is 4.51. The lowest BCUT2D eigenvalue weighted by Gasteiger charge is -2.13. The minimum absolute atomic E-state index is 0.0228. The van der Waals surface area contributed by atoms with Gasteiger partial charge >= 0.3 is 5.63 Å². The van der Waals surface area contributed by atoms with Crippen LogP contribution < -0.4 is 10.9 Å². The molecule has 0 spiro atoms. The SMILES string of the molecule is Cc1cc(=O)oc2c(CN[C@@H]3CCS(=O)(=O)C3)c(O)ccc12. The molecular weight excluding hydrogens is 306 g/mol. The Hall–Kier alpha value is -1.86. The van der Waals surface area contributed by atoms with Gasteiger partial charge in [-0.15, -0.1) is 0 Å². The number of hydrogen-bond acceptors (Lipinski definition) is 6. The van der Waals surface area contributed by atoms with Crippen LogP contribution >= 0.6 is 0 Å². The van der Waals surface area contributed by atoms with E-state index in [0.29, 0.717) is 17.6 Å². The molecule has 0 radical (unpaired) electrons. The summed E-state index contributed by atoms with van der Waals surface area (Å²) in [6, 6.07) is 4.51. The first-order valence-corrected chi connectivity index (χ1v) is 8.87. The summed E-state index contributed by atoms with van der Waals surface area (Å²) in [4.78, 5) is 11.6. The number of phenolic OH excluding ortho intramolecular Hbond substituents is 1. The van der Waals surface area contributed by atoms with E-state index in [1.54, 1.807) is 19.1 Å². The van der Waals surface area contributed by atoms with Crippen molar-refractivity contribution in [3.63, 3.8) is 0 Å². The highest BCUT2D eigenvalue weighted by Crippen LogP contribution is 2.28. The van der Waals surface area contributed by atoms with Gasteiger partial charge in [-0.25, -0.2) is 13.2 Å². The number of hydrogen-bond donors (Lipinski definition) is 2. The van der Waals surface area contributed by atoms with E-state index in [1.807, 2.05) is 0 Å². The summed E-state index contributed by atoms with van der Waals surface area (Å²) in [5.41, 5.74) is 1.12. The Morgan fingerprint density at radius 1 is 1.41 bits per heavy atom. The van der Waals surface area contributed by atoms with Gasteiger partial charge in [0.15, 0.2) is 9.84 Å². The third-order valence-corrected chi connectivity index (χ3v) is 5.77. The molecule has 2 N–H and O–H groups in total. The summed E-state index contributed by atoms with van der Waals surface area (Å²) in [6.07, 6.45) is 0.552. The molecule has 1 fully saturated rings. The lowest BCUT2D eigenvalue weighted by Crippen LogP contribution is -2.29. The molecule has 1 aromatic heterocycles. The van der Waals surface area contributed by atoms with Gasteiger partial charge in [0.2, 0.25) is 0 Å². The summed E-state index contributed by atoms with van der Waals surface area (Å²) in [6.45, 7) is 2.05. The average Bonchev–Trinajstić information content (AvgIpc) is 2.77. The van der Waals surface area contributed by atoms with Crippen LogP contribution in [0.25, 0.3) is 11.0 Å². The van der Waals surface area contributed by atoms with Crippen molar-refractivity contribution < 1.29 is 17.9 Å². The van der Waals surface area contributed by atoms with Gasteiger partial charge in [-0.3, -0.25) is 0 Å². The minimum atomic E-state index is -2.96. The Kier molecular flexibility index (Phi) is 3.70. The Morgan fingerprint density at radius 3 is 2.86 bits per heavy atom. The molecule has 7 heteroatoms. The minimum Gasteiger partial charge on any atom is -0.507 e. The van der Waals surface area contributed by atoms with Crippen LogP contribution in [0.5, 0.6) is 5.75 Å². The molecular formula is C15H17NO5S. The second-order valence-corrected chi connectivity index (χ2v) is 7.90. The number of rotatable bonds is 3. The molecule has 1 aliphatic rings. The average molecular weight is 323 g/mol. The number of aromatic hydroxyl groups is 1. The maximum Gasteiger partial charge on any atom is 0.336 e. The number of benzene rings is 1. The monoisotopic (exact) mass is 323 g/mol. The lowest BCUT2D eigenvalue weighted by molar-refractivity contribution is 0.455. The van der Waals surface area contributed by atoms with Crippen molar-refractivity contribution in [3.05, 3.63) is 39.7 Å². The highest BCUT2D eigenvalue weighted by atomic mass is 32.2. The zero-order valence-corrected chi connectivity index (χ0v) is 12.9. The number of nitrogens with one attached hydrogen (secondary N) is 1. The van der Waals surface area contributed by atoms with Crippen LogP contribution in [-0.4, -0.2) is 31.1 Å². The molecule has 118 valence electrons. The fourth-order valence-electron chi connectivity index (χ4n) is 2.80. The lowest BCUT2D eigenvalue weighted by atomic mass is 10.1. The van der Waals surface area contributed by atoms with Crippen LogP contribution in [0.15, 0.2) is 27.4 Å². The van der Waals surface area contributed by atoms with Gasteiger partial charge in [0.1, 0.15) is 11.3 Å². The smallest absolute Gasteiger partial charge is 0.336 e. The molecule has 1 atom stereocenters. The number of phenols is 1. The molecule has 6 nitrogen and oxygen atoms in total. The van der Waals surface area contributed by atoms with Crippen LogP contribution in [0.4, 0.5) is 0 Å². The highest BCUT2D eigenvalue weighted by Gasteiger charge is 2.27. The van der Waals surface area contributed by atoms with Crippen molar-refractivity contribution in [1.82, 2.24) is 5.32 Å². The number of fused-ring (bicyclic) bond motifs is 1. The van der Waals surface area contributed by atoms with E-state index < -0.39 is 15.5 Å². The topological polar surface area (TPSA) is 96.6 Å². The molecule has 1 aliphatic heterocycles. The van der Waals surface area contributed by atoms with Gasteiger partial charge in [-0.1, -0.05) is 0 Å². The number of aryl methyl sites for hydroxylation is 1. The van der Waals surface area contributed by atoms with Gasteiger partial charge in [0, 0.05) is 24.0 Å². The largest absolute Gasteiger partial charge is 0.507 e. The van der Waals surface area contributed by atoms with Crippen molar-refractivity contribution >= 4 is 20.8 Å². The van der Waals surface area contributed by atoms with E-state index in [1.165, 1.54) is 6.07 Å².